The molecule has 0 saturated heterocycles. The third-order valence-electron chi connectivity index (χ3n) is 1.36. The quantitative estimate of drug-likeness (QED) is 0.744. The Labute approximate surface area is 74.9 Å². The van der Waals surface area contributed by atoms with E-state index in [1.807, 2.05) is 0 Å². The maximum Gasteiger partial charge on any atom is 0.227 e. The van der Waals surface area contributed by atoms with E-state index in [2.05, 4.69) is 15.0 Å². The van der Waals surface area contributed by atoms with Gasteiger partial charge in [-0.15, -0.1) is 0 Å². The van der Waals surface area contributed by atoms with Crippen LogP contribution >= 0.6 is 11.6 Å². The molecular weight excluding hydrogens is 180 g/mol. The Balaban J connectivity index is 3.00. The fourth-order valence-electron chi connectivity index (χ4n) is 0.669. The van der Waals surface area contributed by atoms with E-state index in [4.69, 9.17) is 22.1 Å². The van der Waals surface area contributed by atoms with Gasteiger partial charge in [-0.25, -0.2) is 0 Å². The molecule has 1 aromatic heterocycles. The van der Waals surface area contributed by atoms with Gasteiger partial charge < -0.3 is 10.5 Å². The van der Waals surface area contributed by atoms with Crippen molar-refractivity contribution >= 4 is 17.5 Å². The van der Waals surface area contributed by atoms with E-state index in [-0.39, 0.29) is 17.3 Å². The number of ether oxygens (including phenoxy) is 1. The van der Waals surface area contributed by atoms with E-state index in [1.165, 1.54) is 0 Å². The number of rotatable bonds is 2. The molecule has 5 nitrogen and oxygen atoms in total. The number of hydrogen-bond acceptors (Lipinski definition) is 5. The molecule has 0 aliphatic rings. The predicted molar refractivity (Wildman–Crippen MR) is 44.7 cm³/mol. The number of halogens is 1. The summed E-state index contributed by atoms with van der Waals surface area (Å²) in [6, 6.07) is 0. The first-order valence-corrected chi connectivity index (χ1v) is 3.71. The van der Waals surface area contributed by atoms with Crippen molar-refractivity contribution in [3.05, 3.63) is 11.1 Å². The van der Waals surface area contributed by atoms with Crippen LogP contribution in [0.3, 0.4) is 0 Å². The molecule has 1 unspecified atom stereocenters. The van der Waals surface area contributed by atoms with Crippen LogP contribution in [0.5, 0.6) is 0 Å². The second-order valence-corrected chi connectivity index (χ2v) is 2.54. The minimum atomic E-state index is -0.229. The Morgan fingerprint density at radius 2 is 2.08 bits per heavy atom. The molecule has 12 heavy (non-hydrogen) atoms. The van der Waals surface area contributed by atoms with Crippen LogP contribution in [0.15, 0.2) is 0 Å². The molecule has 1 aromatic rings. The standard InChI is InChI=1S/C6H9ClN4O/c1-3(12-2)4-9-5(7)11-6(8)10-4/h3H,1-2H3,(H2,8,9,10,11). The molecule has 0 fully saturated rings. The van der Waals surface area contributed by atoms with E-state index in [1.54, 1.807) is 14.0 Å². The SMILES string of the molecule is COC(C)c1nc(N)nc(Cl)n1. The summed E-state index contributed by atoms with van der Waals surface area (Å²) < 4.78 is 4.98. The van der Waals surface area contributed by atoms with Crippen molar-refractivity contribution in [2.45, 2.75) is 13.0 Å². The first-order chi connectivity index (χ1) is 5.63. The molecule has 2 N–H and O–H groups in total. The molecule has 0 saturated carbocycles. The Morgan fingerprint density at radius 1 is 1.42 bits per heavy atom. The van der Waals surface area contributed by atoms with Crippen LogP contribution in [-0.2, 0) is 4.74 Å². The predicted octanol–water partition coefficient (Wildman–Crippen LogP) is 0.815. The maximum atomic E-state index is 5.55. The van der Waals surface area contributed by atoms with Gasteiger partial charge in [0.2, 0.25) is 11.2 Å². The summed E-state index contributed by atoms with van der Waals surface area (Å²) in [6.45, 7) is 1.80. The third-order valence-corrected chi connectivity index (χ3v) is 1.53. The Bertz CT molecular complexity index is 260. The summed E-state index contributed by atoms with van der Waals surface area (Å²) in [5.41, 5.74) is 5.35. The van der Waals surface area contributed by atoms with Gasteiger partial charge in [0.15, 0.2) is 5.82 Å². The Hall–Kier alpha value is -0.940. The molecule has 0 amide bonds. The van der Waals surface area contributed by atoms with Gasteiger partial charge in [0.05, 0.1) is 0 Å². The summed E-state index contributed by atoms with van der Waals surface area (Å²) in [5, 5.41) is 0.0846. The first-order valence-electron chi connectivity index (χ1n) is 3.33. The fraction of sp³-hybridized carbons (Fsp3) is 0.500. The number of anilines is 1. The monoisotopic (exact) mass is 188 g/mol. The lowest BCUT2D eigenvalue weighted by molar-refractivity contribution is 0.112. The average molecular weight is 189 g/mol. The van der Waals surface area contributed by atoms with Gasteiger partial charge in [-0.3, -0.25) is 0 Å². The topological polar surface area (TPSA) is 73.9 Å². The van der Waals surface area contributed by atoms with E-state index >= 15 is 0 Å². The largest absolute Gasteiger partial charge is 0.374 e. The van der Waals surface area contributed by atoms with Crippen molar-refractivity contribution in [3.8, 4) is 0 Å². The number of hydrogen-bond donors (Lipinski definition) is 1. The molecule has 0 spiro atoms. The van der Waals surface area contributed by atoms with Crippen LogP contribution in [-0.4, -0.2) is 22.1 Å². The van der Waals surface area contributed by atoms with Crippen LogP contribution in [0, 0.1) is 0 Å². The average Bonchev–Trinajstić information content (AvgIpc) is 2.01. The number of nitrogens with zero attached hydrogens (tertiary/aromatic N) is 3. The summed E-state index contributed by atoms with van der Waals surface area (Å²) in [7, 11) is 1.55. The molecular formula is C6H9ClN4O. The van der Waals surface area contributed by atoms with E-state index in [9.17, 15) is 0 Å². The summed E-state index contributed by atoms with van der Waals surface area (Å²) >= 11 is 5.55. The zero-order chi connectivity index (χ0) is 9.14. The minimum Gasteiger partial charge on any atom is -0.374 e. The second-order valence-electron chi connectivity index (χ2n) is 2.20. The van der Waals surface area contributed by atoms with E-state index < -0.39 is 0 Å². The van der Waals surface area contributed by atoms with Crippen LogP contribution in [0.4, 0.5) is 5.95 Å². The third kappa shape index (κ3) is 2.02. The lowest BCUT2D eigenvalue weighted by atomic mass is 10.4. The van der Waals surface area contributed by atoms with Crippen molar-refractivity contribution in [2.75, 3.05) is 12.8 Å². The number of aromatic nitrogens is 3. The molecule has 0 bridgehead atoms. The van der Waals surface area contributed by atoms with Gasteiger partial charge in [0.25, 0.3) is 0 Å². The van der Waals surface area contributed by atoms with Crippen molar-refractivity contribution in [3.63, 3.8) is 0 Å². The highest BCUT2D eigenvalue weighted by Crippen LogP contribution is 2.12. The summed E-state index contributed by atoms with van der Waals surface area (Å²) in [4.78, 5) is 11.3. The molecule has 0 aromatic carbocycles. The highest BCUT2D eigenvalue weighted by molar-refractivity contribution is 6.28. The summed E-state index contributed by atoms with van der Waals surface area (Å²) in [6.07, 6.45) is -0.229. The fourth-order valence-corrected chi connectivity index (χ4v) is 0.842. The lowest BCUT2D eigenvalue weighted by Gasteiger charge is -2.07. The van der Waals surface area contributed by atoms with Gasteiger partial charge in [-0.1, -0.05) is 0 Å². The maximum absolute atomic E-state index is 5.55. The van der Waals surface area contributed by atoms with Crippen molar-refractivity contribution in [2.24, 2.45) is 0 Å². The van der Waals surface area contributed by atoms with Crippen LogP contribution < -0.4 is 5.73 Å². The number of nitrogen functional groups attached to an aromatic ring is 1. The number of nitrogens with two attached hydrogens (primary N) is 1. The van der Waals surface area contributed by atoms with E-state index in [0.717, 1.165) is 0 Å². The highest BCUT2D eigenvalue weighted by Gasteiger charge is 2.09. The molecule has 1 heterocycles. The number of methoxy groups -OCH3 is 1. The normalized spacial score (nSPS) is 12.9. The zero-order valence-electron chi connectivity index (χ0n) is 6.78. The Morgan fingerprint density at radius 3 is 2.58 bits per heavy atom. The van der Waals surface area contributed by atoms with Crippen molar-refractivity contribution in [1.29, 1.82) is 0 Å². The summed E-state index contributed by atoms with van der Waals surface area (Å²) in [5.74, 6) is 0.545. The molecule has 66 valence electrons. The zero-order valence-corrected chi connectivity index (χ0v) is 7.54. The van der Waals surface area contributed by atoms with Crippen molar-refractivity contribution in [1.82, 2.24) is 15.0 Å². The smallest absolute Gasteiger partial charge is 0.227 e. The van der Waals surface area contributed by atoms with Crippen LogP contribution in [0.1, 0.15) is 18.9 Å². The van der Waals surface area contributed by atoms with Gasteiger partial charge >= 0.3 is 0 Å². The van der Waals surface area contributed by atoms with Gasteiger partial charge in [0.1, 0.15) is 6.10 Å². The molecule has 0 aliphatic carbocycles. The van der Waals surface area contributed by atoms with Crippen molar-refractivity contribution < 1.29 is 4.74 Å². The molecule has 0 aliphatic heterocycles. The minimum absolute atomic E-state index is 0.0846. The highest BCUT2D eigenvalue weighted by atomic mass is 35.5. The molecule has 1 atom stereocenters. The van der Waals surface area contributed by atoms with E-state index in [0.29, 0.717) is 5.82 Å². The first kappa shape index (κ1) is 9.15. The van der Waals surface area contributed by atoms with Gasteiger partial charge in [-0.05, 0) is 18.5 Å². The van der Waals surface area contributed by atoms with Gasteiger partial charge in [0, 0.05) is 7.11 Å². The van der Waals surface area contributed by atoms with Crippen LogP contribution in [0.2, 0.25) is 5.28 Å². The van der Waals surface area contributed by atoms with Gasteiger partial charge in [-0.2, -0.15) is 15.0 Å². The second kappa shape index (κ2) is 3.64. The lowest BCUT2D eigenvalue weighted by Crippen LogP contribution is -2.07. The molecule has 1 rings (SSSR count). The van der Waals surface area contributed by atoms with Crippen LogP contribution in [0.25, 0.3) is 0 Å². The molecule has 0 radical (unpaired) electrons. The molecule has 6 heteroatoms. The Kier molecular flexibility index (Phi) is 2.78.